The Morgan fingerprint density at radius 3 is 2.58 bits per heavy atom. The molecule has 2 N–H and O–H groups in total. The van der Waals surface area contributed by atoms with Crippen LogP contribution < -0.4 is 10.6 Å². The standard InChI is InChI=1S/C21H23N7O2S/c1-2-18(29)23-17-7-6-16(25-26-17)11-13-9-14(10-13)20-27-28-21(31-20)24-19(30)12-15-5-3-4-8-22-15/h3-8,13-14H,2,9-12H2,1H3,(H,23,26,29)(H,24,28,30)/t13-,14+. The van der Waals surface area contributed by atoms with Gasteiger partial charge in [0.2, 0.25) is 16.9 Å². The second kappa shape index (κ2) is 9.69. The van der Waals surface area contributed by atoms with Crippen LogP contribution in [0.15, 0.2) is 36.5 Å². The molecule has 9 nitrogen and oxygen atoms in total. The van der Waals surface area contributed by atoms with Gasteiger partial charge in [-0.25, -0.2) is 0 Å². The molecular formula is C21H23N7O2S. The molecule has 3 aromatic heterocycles. The molecule has 1 fully saturated rings. The summed E-state index contributed by atoms with van der Waals surface area (Å²) in [5.74, 6) is 1.13. The first-order valence-corrected chi connectivity index (χ1v) is 11.1. The van der Waals surface area contributed by atoms with Crippen LogP contribution in [0.1, 0.15) is 48.5 Å². The number of nitrogens with one attached hydrogen (secondary N) is 2. The minimum absolute atomic E-state index is 0.0757. The van der Waals surface area contributed by atoms with Gasteiger partial charge < -0.3 is 10.6 Å². The van der Waals surface area contributed by atoms with E-state index >= 15 is 0 Å². The summed E-state index contributed by atoms with van der Waals surface area (Å²) in [6.45, 7) is 1.79. The molecule has 0 aromatic carbocycles. The van der Waals surface area contributed by atoms with Crippen LogP contribution >= 0.6 is 11.3 Å². The number of amides is 2. The Bertz CT molecular complexity index is 1030. The zero-order valence-electron chi connectivity index (χ0n) is 17.1. The maximum Gasteiger partial charge on any atom is 0.232 e. The SMILES string of the molecule is CCC(=O)Nc1ccc(C[C@H]2C[C@@H](c3nnc(NC(=O)Cc4ccccn4)s3)C2)nn1. The topological polar surface area (TPSA) is 123 Å². The van der Waals surface area contributed by atoms with Crippen molar-refractivity contribution in [1.29, 1.82) is 0 Å². The van der Waals surface area contributed by atoms with E-state index in [1.165, 1.54) is 11.3 Å². The fourth-order valence-electron chi connectivity index (χ4n) is 3.45. The third-order valence-electron chi connectivity index (χ3n) is 5.15. The van der Waals surface area contributed by atoms with Crippen molar-refractivity contribution >= 4 is 34.1 Å². The molecule has 0 bridgehead atoms. The Morgan fingerprint density at radius 2 is 1.87 bits per heavy atom. The first kappa shape index (κ1) is 21.0. The van der Waals surface area contributed by atoms with E-state index in [1.807, 2.05) is 24.3 Å². The molecule has 10 heteroatoms. The van der Waals surface area contributed by atoms with Crippen LogP contribution in [-0.2, 0) is 22.4 Å². The molecule has 1 aliphatic carbocycles. The molecule has 160 valence electrons. The third-order valence-corrected chi connectivity index (χ3v) is 6.15. The fraction of sp³-hybridized carbons (Fsp3) is 0.381. The van der Waals surface area contributed by atoms with Gasteiger partial charge in [-0.3, -0.25) is 14.6 Å². The molecule has 0 saturated heterocycles. The molecule has 4 rings (SSSR count). The minimum atomic E-state index is -0.148. The van der Waals surface area contributed by atoms with Crippen molar-refractivity contribution in [3.05, 3.63) is 52.9 Å². The average molecular weight is 438 g/mol. The Morgan fingerprint density at radius 1 is 1.00 bits per heavy atom. The highest BCUT2D eigenvalue weighted by atomic mass is 32.1. The number of carbonyl (C=O) groups excluding carboxylic acids is 2. The van der Waals surface area contributed by atoms with Gasteiger partial charge in [0.05, 0.1) is 12.1 Å². The number of hydrogen-bond acceptors (Lipinski definition) is 8. The second-order valence-corrected chi connectivity index (χ2v) is 8.55. The second-order valence-electron chi connectivity index (χ2n) is 7.54. The molecule has 1 aliphatic rings. The van der Waals surface area contributed by atoms with E-state index < -0.39 is 0 Å². The number of aromatic nitrogens is 5. The predicted octanol–water partition coefficient (Wildman–Crippen LogP) is 2.99. The number of nitrogens with zero attached hydrogens (tertiary/aromatic N) is 5. The van der Waals surface area contributed by atoms with E-state index in [4.69, 9.17) is 0 Å². The molecule has 0 radical (unpaired) electrons. The zero-order chi connectivity index (χ0) is 21.6. The minimum Gasteiger partial charge on any atom is -0.309 e. The molecule has 2 amide bonds. The lowest BCUT2D eigenvalue weighted by Gasteiger charge is -2.33. The van der Waals surface area contributed by atoms with Crippen LogP contribution in [0.3, 0.4) is 0 Å². The van der Waals surface area contributed by atoms with Gasteiger partial charge in [0.1, 0.15) is 5.01 Å². The first-order valence-electron chi connectivity index (χ1n) is 10.2. The fourth-order valence-corrected chi connectivity index (χ4v) is 4.33. The molecule has 31 heavy (non-hydrogen) atoms. The van der Waals surface area contributed by atoms with E-state index in [0.717, 1.165) is 35.7 Å². The number of carbonyl (C=O) groups is 2. The lowest BCUT2D eigenvalue weighted by Crippen LogP contribution is -2.24. The van der Waals surface area contributed by atoms with E-state index in [1.54, 1.807) is 19.2 Å². The van der Waals surface area contributed by atoms with Gasteiger partial charge in [-0.1, -0.05) is 24.3 Å². The van der Waals surface area contributed by atoms with E-state index in [-0.39, 0.29) is 18.2 Å². The summed E-state index contributed by atoms with van der Waals surface area (Å²) in [6, 6.07) is 9.19. The summed E-state index contributed by atoms with van der Waals surface area (Å²) in [5, 5.41) is 23.6. The van der Waals surface area contributed by atoms with Gasteiger partial charge >= 0.3 is 0 Å². The van der Waals surface area contributed by atoms with Gasteiger partial charge in [0.25, 0.3) is 0 Å². The van der Waals surface area contributed by atoms with Gasteiger partial charge in [-0.05, 0) is 49.4 Å². The normalized spacial score (nSPS) is 17.6. The lowest BCUT2D eigenvalue weighted by atomic mass is 9.73. The summed E-state index contributed by atoms with van der Waals surface area (Å²) >= 11 is 1.43. The molecule has 3 heterocycles. The maximum atomic E-state index is 12.2. The third kappa shape index (κ3) is 5.66. The molecule has 0 aliphatic heterocycles. The Kier molecular flexibility index (Phi) is 6.56. The van der Waals surface area contributed by atoms with Crippen LogP contribution in [0, 0.1) is 5.92 Å². The zero-order valence-corrected chi connectivity index (χ0v) is 17.9. The van der Waals surface area contributed by atoms with Crippen LogP contribution in [0.5, 0.6) is 0 Å². The quantitative estimate of drug-likeness (QED) is 0.555. The van der Waals surface area contributed by atoms with Gasteiger partial charge in [0, 0.05) is 24.2 Å². The summed E-state index contributed by atoms with van der Waals surface area (Å²) in [5.41, 5.74) is 1.63. The largest absolute Gasteiger partial charge is 0.309 e. The highest BCUT2D eigenvalue weighted by Gasteiger charge is 2.33. The average Bonchev–Trinajstić information content (AvgIpc) is 3.19. The number of anilines is 2. The van der Waals surface area contributed by atoms with Crippen LogP contribution in [0.25, 0.3) is 0 Å². The van der Waals surface area contributed by atoms with Crippen LogP contribution in [-0.4, -0.2) is 37.2 Å². The van der Waals surface area contributed by atoms with E-state index in [2.05, 4.69) is 36.0 Å². The van der Waals surface area contributed by atoms with Crippen molar-refractivity contribution in [3.8, 4) is 0 Å². The van der Waals surface area contributed by atoms with Crippen molar-refractivity contribution in [3.63, 3.8) is 0 Å². The van der Waals surface area contributed by atoms with Gasteiger partial charge in [0.15, 0.2) is 5.82 Å². The summed E-state index contributed by atoms with van der Waals surface area (Å²) in [7, 11) is 0. The Labute approximate surface area is 183 Å². The Balaban J connectivity index is 1.23. The predicted molar refractivity (Wildman–Crippen MR) is 117 cm³/mol. The molecule has 0 spiro atoms. The summed E-state index contributed by atoms with van der Waals surface area (Å²) in [4.78, 5) is 27.7. The van der Waals surface area contributed by atoms with Crippen molar-refractivity contribution in [1.82, 2.24) is 25.4 Å². The lowest BCUT2D eigenvalue weighted by molar-refractivity contribution is -0.116. The molecule has 1 saturated carbocycles. The maximum absolute atomic E-state index is 12.2. The van der Waals surface area contributed by atoms with E-state index in [0.29, 0.717) is 29.2 Å². The van der Waals surface area contributed by atoms with Crippen molar-refractivity contribution in [2.45, 2.75) is 44.9 Å². The monoisotopic (exact) mass is 437 g/mol. The summed E-state index contributed by atoms with van der Waals surface area (Å²) < 4.78 is 0. The molecule has 0 unspecified atom stereocenters. The molecule has 3 aromatic rings. The Hall–Kier alpha value is -3.27. The van der Waals surface area contributed by atoms with Crippen molar-refractivity contribution in [2.24, 2.45) is 5.92 Å². The van der Waals surface area contributed by atoms with E-state index in [9.17, 15) is 9.59 Å². The number of rotatable bonds is 8. The highest BCUT2D eigenvalue weighted by Crippen LogP contribution is 2.44. The molecular weight excluding hydrogens is 414 g/mol. The number of hydrogen-bond donors (Lipinski definition) is 2. The summed E-state index contributed by atoms with van der Waals surface area (Å²) in [6.07, 6.45) is 5.15. The highest BCUT2D eigenvalue weighted by molar-refractivity contribution is 7.15. The van der Waals surface area contributed by atoms with Gasteiger partial charge in [-0.15, -0.1) is 15.3 Å². The first-order chi connectivity index (χ1) is 15.1. The number of pyridine rings is 1. The molecule has 0 atom stereocenters. The van der Waals surface area contributed by atoms with Crippen molar-refractivity contribution < 1.29 is 9.59 Å². The van der Waals surface area contributed by atoms with Gasteiger partial charge in [-0.2, -0.15) is 5.10 Å². The smallest absolute Gasteiger partial charge is 0.232 e. The van der Waals surface area contributed by atoms with Crippen molar-refractivity contribution in [2.75, 3.05) is 10.6 Å². The van der Waals surface area contributed by atoms with Crippen LogP contribution in [0.4, 0.5) is 10.9 Å². The van der Waals surface area contributed by atoms with Crippen LogP contribution in [0.2, 0.25) is 0 Å².